The Morgan fingerprint density at radius 1 is 1.00 bits per heavy atom. The fourth-order valence-electron chi connectivity index (χ4n) is 2.81. The van der Waals surface area contributed by atoms with Crippen molar-refractivity contribution in [1.29, 1.82) is 0 Å². The predicted octanol–water partition coefficient (Wildman–Crippen LogP) is 2.86. The number of benzene rings is 1. The molecular weight excluding hydrogens is 345 g/mol. The van der Waals surface area contributed by atoms with E-state index in [0.717, 1.165) is 0 Å². The molecule has 5 nitrogen and oxygen atoms in total. The summed E-state index contributed by atoms with van der Waals surface area (Å²) in [5.41, 5.74) is 0.881. The molecule has 0 aliphatic carbocycles. The number of halogens is 2. The van der Waals surface area contributed by atoms with Crippen LogP contribution < -0.4 is 0 Å². The molecule has 1 aromatic heterocycles. The highest BCUT2D eigenvalue weighted by molar-refractivity contribution is 6.31. The quantitative estimate of drug-likeness (QED) is 0.826. The summed E-state index contributed by atoms with van der Waals surface area (Å²) in [5.74, 6) is -0.855. The smallest absolute Gasteiger partial charge is 0.255 e. The Labute approximate surface area is 150 Å². The Hall–Kier alpha value is -2.47. The predicted molar refractivity (Wildman–Crippen MR) is 92.1 cm³/mol. The van der Waals surface area contributed by atoms with Crippen LogP contribution in [0.15, 0.2) is 42.7 Å². The molecule has 1 aliphatic heterocycles. The fourth-order valence-corrected chi connectivity index (χ4v) is 2.99. The third kappa shape index (κ3) is 3.96. The van der Waals surface area contributed by atoms with Gasteiger partial charge in [-0.05, 0) is 36.8 Å². The van der Waals surface area contributed by atoms with E-state index in [4.69, 9.17) is 11.6 Å². The number of hydrogen-bond donors (Lipinski definition) is 0. The molecule has 3 rings (SSSR count). The van der Waals surface area contributed by atoms with Gasteiger partial charge in [0.25, 0.3) is 11.8 Å². The second-order valence-corrected chi connectivity index (χ2v) is 6.22. The van der Waals surface area contributed by atoms with Crippen molar-refractivity contribution in [2.24, 2.45) is 0 Å². The first kappa shape index (κ1) is 17.4. The Bertz CT molecular complexity index is 785. The zero-order valence-corrected chi connectivity index (χ0v) is 14.2. The van der Waals surface area contributed by atoms with Crippen molar-refractivity contribution in [2.45, 2.75) is 6.42 Å². The lowest BCUT2D eigenvalue weighted by molar-refractivity contribution is 0.0718. The highest BCUT2D eigenvalue weighted by atomic mass is 35.5. The lowest BCUT2D eigenvalue weighted by atomic mass is 10.2. The number of hydrogen-bond acceptors (Lipinski definition) is 3. The van der Waals surface area contributed by atoms with Crippen molar-refractivity contribution >= 4 is 23.4 Å². The molecule has 1 aliphatic rings. The van der Waals surface area contributed by atoms with Crippen LogP contribution in [0.4, 0.5) is 4.39 Å². The van der Waals surface area contributed by atoms with Crippen LogP contribution in [-0.4, -0.2) is 52.8 Å². The standard InChI is InChI=1S/C18H17ClFN3O2/c19-15-11-13(4-5-16(15)20)17(24)22-7-2-8-23(10-9-22)18(25)14-3-1-6-21-12-14/h1,3-6,11-12H,2,7-10H2. The van der Waals surface area contributed by atoms with E-state index in [1.54, 1.807) is 28.1 Å². The molecule has 1 fully saturated rings. The largest absolute Gasteiger partial charge is 0.337 e. The van der Waals surface area contributed by atoms with E-state index in [2.05, 4.69) is 4.98 Å². The maximum atomic E-state index is 13.3. The summed E-state index contributed by atoms with van der Waals surface area (Å²) < 4.78 is 13.3. The van der Waals surface area contributed by atoms with Gasteiger partial charge in [0, 0.05) is 44.1 Å². The maximum Gasteiger partial charge on any atom is 0.255 e. The molecule has 1 aromatic carbocycles. The Morgan fingerprint density at radius 2 is 1.68 bits per heavy atom. The van der Waals surface area contributed by atoms with Crippen LogP contribution in [0, 0.1) is 5.82 Å². The summed E-state index contributed by atoms with van der Waals surface area (Å²) in [5, 5.41) is -0.0750. The summed E-state index contributed by atoms with van der Waals surface area (Å²) in [6.45, 7) is 1.96. The summed E-state index contributed by atoms with van der Waals surface area (Å²) in [6.07, 6.45) is 3.83. The molecular formula is C18H17ClFN3O2. The number of rotatable bonds is 2. The average Bonchev–Trinajstić information content (AvgIpc) is 2.89. The van der Waals surface area contributed by atoms with Gasteiger partial charge in [0.2, 0.25) is 0 Å². The van der Waals surface area contributed by atoms with E-state index in [1.165, 1.54) is 24.4 Å². The van der Waals surface area contributed by atoms with E-state index in [-0.39, 0.29) is 16.8 Å². The lowest BCUT2D eigenvalue weighted by Gasteiger charge is -2.22. The maximum absolute atomic E-state index is 13.3. The summed E-state index contributed by atoms with van der Waals surface area (Å²) in [4.78, 5) is 32.5. The van der Waals surface area contributed by atoms with E-state index in [9.17, 15) is 14.0 Å². The first-order valence-electron chi connectivity index (χ1n) is 8.00. The summed E-state index contributed by atoms with van der Waals surface area (Å²) in [7, 11) is 0. The second-order valence-electron chi connectivity index (χ2n) is 5.81. The Morgan fingerprint density at radius 3 is 2.28 bits per heavy atom. The molecule has 130 valence electrons. The van der Waals surface area contributed by atoms with Crippen molar-refractivity contribution < 1.29 is 14.0 Å². The number of amides is 2. The summed E-state index contributed by atoms with van der Waals surface area (Å²) >= 11 is 5.76. The van der Waals surface area contributed by atoms with Crippen LogP contribution in [0.2, 0.25) is 5.02 Å². The van der Waals surface area contributed by atoms with E-state index < -0.39 is 5.82 Å². The zero-order chi connectivity index (χ0) is 17.8. The third-order valence-electron chi connectivity index (χ3n) is 4.15. The van der Waals surface area contributed by atoms with Gasteiger partial charge in [0.1, 0.15) is 5.82 Å². The second kappa shape index (κ2) is 7.61. The van der Waals surface area contributed by atoms with Crippen LogP contribution in [0.25, 0.3) is 0 Å². The van der Waals surface area contributed by atoms with Crippen molar-refractivity contribution in [3.05, 3.63) is 64.7 Å². The van der Waals surface area contributed by atoms with Gasteiger partial charge >= 0.3 is 0 Å². The lowest BCUT2D eigenvalue weighted by Crippen LogP contribution is -2.37. The van der Waals surface area contributed by atoms with Crippen LogP contribution in [0.1, 0.15) is 27.1 Å². The highest BCUT2D eigenvalue weighted by Crippen LogP contribution is 2.18. The molecule has 2 amide bonds. The molecule has 0 bridgehead atoms. The molecule has 0 radical (unpaired) electrons. The topological polar surface area (TPSA) is 53.5 Å². The molecule has 0 unspecified atom stereocenters. The van der Waals surface area contributed by atoms with Gasteiger partial charge in [-0.3, -0.25) is 14.6 Å². The third-order valence-corrected chi connectivity index (χ3v) is 4.44. The first-order valence-corrected chi connectivity index (χ1v) is 8.37. The minimum Gasteiger partial charge on any atom is -0.337 e. The van der Waals surface area contributed by atoms with Crippen LogP contribution in [0.3, 0.4) is 0 Å². The number of pyridine rings is 1. The number of nitrogens with zero attached hydrogens (tertiary/aromatic N) is 3. The molecule has 2 aromatic rings. The molecule has 25 heavy (non-hydrogen) atoms. The van der Waals surface area contributed by atoms with Gasteiger partial charge < -0.3 is 9.80 Å². The number of carbonyl (C=O) groups is 2. The Balaban J connectivity index is 1.68. The van der Waals surface area contributed by atoms with Crippen molar-refractivity contribution in [3.63, 3.8) is 0 Å². The Kier molecular flexibility index (Phi) is 5.28. The van der Waals surface area contributed by atoms with Gasteiger partial charge in [-0.25, -0.2) is 4.39 Å². The van der Waals surface area contributed by atoms with Gasteiger partial charge in [-0.2, -0.15) is 0 Å². The first-order chi connectivity index (χ1) is 12.1. The molecule has 0 saturated carbocycles. The fraction of sp³-hybridized carbons (Fsp3) is 0.278. The van der Waals surface area contributed by atoms with Crippen LogP contribution >= 0.6 is 11.6 Å². The minimum absolute atomic E-state index is 0.0750. The van der Waals surface area contributed by atoms with Gasteiger partial charge in [0.15, 0.2) is 0 Å². The molecule has 7 heteroatoms. The highest BCUT2D eigenvalue weighted by Gasteiger charge is 2.24. The van der Waals surface area contributed by atoms with Crippen LogP contribution in [-0.2, 0) is 0 Å². The van der Waals surface area contributed by atoms with Gasteiger partial charge in [0.05, 0.1) is 10.6 Å². The van der Waals surface area contributed by atoms with Gasteiger partial charge in [-0.15, -0.1) is 0 Å². The zero-order valence-electron chi connectivity index (χ0n) is 13.5. The van der Waals surface area contributed by atoms with Crippen LogP contribution in [0.5, 0.6) is 0 Å². The van der Waals surface area contributed by atoms with Gasteiger partial charge in [-0.1, -0.05) is 11.6 Å². The van der Waals surface area contributed by atoms with E-state index >= 15 is 0 Å². The summed E-state index contributed by atoms with van der Waals surface area (Å²) in [6, 6.07) is 7.39. The van der Waals surface area contributed by atoms with Crippen molar-refractivity contribution in [3.8, 4) is 0 Å². The average molecular weight is 362 g/mol. The normalized spacial score (nSPS) is 15.0. The van der Waals surface area contributed by atoms with Crippen molar-refractivity contribution in [1.82, 2.24) is 14.8 Å². The molecule has 0 atom stereocenters. The number of carbonyl (C=O) groups excluding carboxylic acids is 2. The van der Waals surface area contributed by atoms with E-state index in [1.807, 2.05) is 0 Å². The monoisotopic (exact) mass is 361 g/mol. The molecule has 1 saturated heterocycles. The minimum atomic E-state index is -0.553. The van der Waals surface area contributed by atoms with Crippen molar-refractivity contribution in [2.75, 3.05) is 26.2 Å². The number of aromatic nitrogens is 1. The molecule has 0 spiro atoms. The van der Waals surface area contributed by atoms with E-state index in [0.29, 0.717) is 43.7 Å². The SMILES string of the molecule is O=C(c1cccnc1)N1CCCN(C(=O)c2ccc(F)c(Cl)c2)CC1. The molecule has 2 heterocycles. The molecule has 0 N–H and O–H groups in total.